The summed E-state index contributed by atoms with van der Waals surface area (Å²) in [5, 5.41) is 8.71. The standard InChI is InChI=1S/C8H13NO3S2/c1-14-8(13)12-5-6-2-3-9(4-6)7(10)11/h6H,2-5H2,1H3,(H,10,11)/t6-/m1/s1. The summed E-state index contributed by atoms with van der Waals surface area (Å²) in [6, 6.07) is 0. The van der Waals surface area contributed by atoms with E-state index in [4.69, 9.17) is 22.1 Å². The number of likely N-dealkylation sites (tertiary alicyclic amines) is 1. The van der Waals surface area contributed by atoms with Crippen LogP contribution in [0.25, 0.3) is 0 Å². The average Bonchev–Trinajstić information content (AvgIpc) is 2.62. The summed E-state index contributed by atoms with van der Waals surface area (Å²) in [5.74, 6) is 0.288. The van der Waals surface area contributed by atoms with Gasteiger partial charge in [0.1, 0.15) is 0 Å². The number of thiocarbonyl (C=S) groups is 1. The van der Waals surface area contributed by atoms with Crippen molar-refractivity contribution in [2.75, 3.05) is 26.0 Å². The van der Waals surface area contributed by atoms with Gasteiger partial charge in [0.15, 0.2) is 0 Å². The van der Waals surface area contributed by atoms with Crippen LogP contribution < -0.4 is 0 Å². The normalized spacial score (nSPS) is 20.9. The van der Waals surface area contributed by atoms with Gasteiger partial charge in [0.25, 0.3) is 0 Å². The lowest BCUT2D eigenvalue weighted by Crippen LogP contribution is -2.27. The molecule has 0 aliphatic carbocycles. The molecule has 1 aliphatic heterocycles. The molecule has 1 fully saturated rings. The maximum Gasteiger partial charge on any atom is 0.407 e. The fourth-order valence-electron chi connectivity index (χ4n) is 1.39. The molecule has 1 rings (SSSR count). The lowest BCUT2D eigenvalue weighted by molar-refractivity contribution is 0.151. The molecule has 1 N–H and O–H groups in total. The maximum atomic E-state index is 10.6. The third kappa shape index (κ3) is 3.34. The van der Waals surface area contributed by atoms with Gasteiger partial charge in [-0.05, 0) is 24.9 Å². The van der Waals surface area contributed by atoms with Crippen molar-refractivity contribution in [3.8, 4) is 0 Å². The molecule has 1 saturated heterocycles. The van der Waals surface area contributed by atoms with Gasteiger partial charge in [-0.15, -0.1) is 0 Å². The molecular formula is C8H13NO3S2. The summed E-state index contributed by atoms with van der Waals surface area (Å²) in [6.45, 7) is 1.70. The summed E-state index contributed by atoms with van der Waals surface area (Å²) < 4.78 is 5.80. The van der Waals surface area contributed by atoms with E-state index in [1.165, 1.54) is 16.7 Å². The van der Waals surface area contributed by atoms with E-state index in [1.54, 1.807) is 0 Å². The molecular weight excluding hydrogens is 222 g/mol. The number of hydrogen-bond donors (Lipinski definition) is 1. The first-order valence-electron chi connectivity index (χ1n) is 4.32. The molecule has 0 aromatic heterocycles. The van der Waals surface area contributed by atoms with Crippen molar-refractivity contribution in [2.24, 2.45) is 5.92 Å². The highest BCUT2D eigenvalue weighted by Crippen LogP contribution is 2.17. The van der Waals surface area contributed by atoms with Gasteiger partial charge in [-0.1, -0.05) is 11.8 Å². The first kappa shape index (κ1) is 11.6. The molecule has 0 bridgehead atoms. The van der Waals surface area contributed by atoms with Gasteiger partial charge in [-0.25, -0.2) is 4.79 Å². The van der Waals surface area contributed by atoms with Crippen LogP contribution in [0.4, 0.5) is 4.79 Å². The van der Waals surface area contributed by atoms with Gasteiger partial charge in [-0.2, -0.15) is 0 Å². The number of amides is 1. The molecule has 0 aromatic carbocycles. The van der Waals surface area contributed by atoms with Gasteiger partial charge >= 0.3 is 6.09 Å². The Morgan fingerprint density at radius 3 is 3.00 bits per heavy atom. The van der Waals surface area contributed by atoms with Gasteiger partial charge in [0, 0.05) is 19.0 Å². The zero-order valence-corrected chi connectivity index (χ0v) is 9.57. The van der Waals surface area contributed by atoms with Crippen LogP contribution in [0.5, 0.6) is 0 Å². The predicted molar refractivity (Wildman–Crippen MR) is 59.8 cm³/mol. The average molecular weight is 235 g/mol. The molecule has 0 aromatic rings. The van der Waals surface area contributed by atoms with Gasteiger partial charge in [0.2, 0.25) is 4.38 Å². The zero-order chi connectivity index (χ0) is 10.6. The van der Waals surface area contributed by atoms with Crippen LogP contribution in [-0.2, 0) is 4.74 Å². The number of nitrogens with zero attached hydrogens (tertiary/aromatic N) is 1. The highest BCUT2D eigenvalue weighted by atomic mass is 32.2. The van der Waals surface area contributed by atoms with E-state index in [0.717, 1.165) is 6.42 Å². The smallest absolute Gasteiger partial charge is 0.407 e. The fourth-order valence-corrected chi connectivity index (χ4v) is 1.64. The van der Waals surface area contributed by atoms with Crippen LogP contribution in [0.1, 0.15) is 6.42 Å². The van der Waals surface area contributed by atoms with Crippen molar-refractivity contribution in [1.82, 2.24) is 4.90 Å². The highest BCUT2D eigenvalue weighted by Gasteiger charge is 2.26. The summed E-state index contributed by atoms with van der Waals surface area (Å²) in [4.78, 5) is 12.0. The van der Waals surface area contributed by atoms with Crippen LogP contribution in [0.3, 0.4) is 0 Å². The molecule has 1 amide bonds. The van der Waals surface area contributed by atoms with Gasteiger partial charge in [0.05, 0.1) is 6.61 Å². The maximum absolute atomic E-state index is 10.6. The number of hydrogen-bond acceptors (Lipinski definition) is 4. The van der Waals surface area contributed by atoms with E-state index in [9.17, 15) is 4.79 Å². The Kier molecular flexibility index (Phi) is 4.47. The van der Waals surface area contributed by atoms with Crippen molar-refractivity contribution in [1.29, 1.82) is 0 Å². The monoisotopic (exact) mass is 235 g/mol. The molecule has 4 nitrogen and oxygen atoms in total. The molecule has 6 heteroatoms. The molecule has 1 aliphatic rings. The minimum Gasteiger partial charge on any atom is -0.478 e. The molecule has 0 spiro atoms. The van der Waals surface area contributed by atoms with Crippen molar-refractivity contribution in [3.63, 3.8) is 0 Å². The number of carboxylic acid groups (broad SMARTS) is 1. The van der Waals surface area contributed by atoms with Crippen molar-refractivity contribution < 1.29 is 14.6 Å². The SMILES string of the molecule is CSC(=S)OC[C@@H]1CCN(C(=O)O)C1. The number of carbonyl (C=O) groups is 1. The third-order valence-electron chi connectivity index (χ3n) is 2.16. The van der Waals surface area contributed by atoms with Crippen LogP contribution in [-0.4, -0.2) is 46.4 Å². The molecule has 0 saturated carbocycles. The lowest BCUT2D eigenvalue weighted by Gasteiger charge is -2.12. The van der Waals surface area contributed by atoms with E-state index in [2.05, 4.69) is 0 Å². The van der Waals surface area contributed by atoms with Crippen LogP contribution in [0.15, 0.2) is 0 Å². The Labute approximate surface area is 92.6 Å². The molecule has 80 valence electrons. The lowest BCUT2D eigenvalue weighted by atomic mass is 10.1. The van der Waals surface area contributed by atoms with Crippen molar-refractivity contribution in [3.05, 3.63) is 0 Å². The van der Waals surface area contributed by atoms with E-state index in [0.29, 0.717) is 24.1 Å². The second-order valence-electron chi connectivity index (χ2n) is 3.15. The Balaban J connectivity index is 2.22. The Bertz CT molecular complexity index is 235. The molecule has 0 radical (unpaired) electrons. The number of ether oxygens (including phenoxy) is 1. The zero-order valence-electron chi connectivity index (χ0n) is 7.93. The van der Waals surface area contributed by atoms with Gasteiger partial charge in [-0.3, -0.25) is 0 Å². The minimum absolute atomic E-state index is 0.288. The number of rotatable bonds is 2. The highest BCUT2D eigenvalue weighted by molar-refractivity contribution is 8.22. The Morgan fingerprint density at radius 2 is 2.50 bits per heavy atom. The quantitative estimate of drug-likeness (QED) is 0.738. The van der Waals surface area contributed by atoms with Crippen LogP contribution in [0.2, 0.25) is 0 Å². The van der Waals surface area contributed by atoms with Crippen molar-refractivity contribution >= 4 is 34.5 Å². The van der Waals surface area contributed by atoms with E-state index >= 15 is 0 Å². The fraction of sp³-hybridized carbons (Fsp3) is 0.750. The van der Waals surface area contributed by atoms with Crippen LogP contribution >= 0.6 is 24.0 Å². The van der Waals surface area contributed by atoms with Crippen molar-refractivity contribution in [2.45, 2.75) is 6.42 Å². The summed E-state index contributed by atoms with van der Waals surface area (Å²) in [6.07, 6.45) is 1.88. The second kappa shape index (κ2) is 5.41. The Hall–Kier alpha value is -0.490. The second-order valence-corrected chi connectivity index (χ2v) is 4.56. The first-order valence-corrected chi connectivity index (χ1v) is 5.95. The topological polar surface area (TPSA) is 49.8 Å². The van der Waals surface area contributed by atoms with Crippen LogP contribution in [0, 0.1) is 5.92 Å². The molecule has 0 unspecified atom stereocenters. The molecule has 1 atom stereocenters. The van der Waals surface area contributed by atoms with E-state index < -0.39 is 6.09 Å². The van der Waals surface area contributed by atoms with E-state index in [1.807, 2.05) is 6.26 Å². The Morgan fingerprint density at radius 1 is 1.79 bits per heavy atom. The van der Waals surface area contributed by atoms with E-state index in [-0.39, 0.29) is 5.92 Å². The third-order valence-corrected chi connectivity index (χ3v) is 3.23. The predicted octanol–water partition coefficient (Wildman–Crippen LogP) is 1.65. The molecule has 1 heterocycles. The largest absolute Gasteiger partial charge is 0.478 e. The molecule has 14 heavy (non-hydrogen) atoms. The summed E-state index contributed by atoms with van der Waals surface area (Å²) in [7, 11) is 0. The summed E-state index contributed by atoms with van der Waals surface area (Å²) >= 11 is 6.28. The summed E-state index contributed by atoms with van der Waals surface area (Å²) in [5.41, 5.74) is 0. The number of thioether (sulfide) groups is 1. The van der Waals surface area contributed by atoms with Gasteiger partial charge < -0.3 is 14.7 Å². The minimum atomic E-state index is -0.847. The first-order chi connectivity index (χ1) is 6.63.